The quantitative estimate of drug-likeness (QED) is 0.319. The molecule has 0 spiro atoms. The maximum absolute atomic E-state index is 8.56. The van der Waals surface area contributed by atoms with E-state index in [2.05, 4.69) is 0 Å². The largest absolute Gasteiger partial charge is 0.503 e. The van der Waals surface area contributed by atoms with Crippen molar-refractivity contribution in [3.05, 3.63) is 15.3 Å². The molecule has 9 heteroatoms. The van der Waals surface area contributed by atoms with Crippen LogP contribution in [-0.2, 0) is 22.4 Å². The minimum Gasteiger partial charge on any atom is -0.450 e. The average molecular weight is 250 g/mol. The zero-order valence-electron chi connectivity index (χ0n) is 4.78. The number of quaternary nitrogens is 1. The van der Waals surface area contributed by atoms with Crippen molar-refractivity contribution in [3.8, 4) is 0 Å². The van der Waals surface area contributed by atoms with Gasteiger partial charge in [0.25, 0.3) is 0 Å². The molecule has 10 heavy (non-hydrogen) atoms. The SMILES string of the molecule is O=C(O)O.O=[N+]([O-])[O-].[Ag].[NH4+]. The van der Waals surface area contributed by atoms with Crippen LogP contribution in [0.5, 0.6) is 0 Å². The van der Waals surface area contributed by atoms with Crippen molar-refractivity contribution in [3.63, 3.8) is 0 Å². The Hall–Kier alpha value is -0.830. The third kappa shape index (κ3) is 397. The Bertz CT molecular complexity index is 73.7. The molecule has 0 aromatic rings. The molecule has 0 bridgehead atoms. The second kappa shape index (κ2) is 15.7. The smallest absolute Gasteiger partial charge is 0.450 e. The van der Waals surface area contributed by atoms with E-state index in [0.717, 1.165) is 0 Å². The zero-order valence-corrected chi connectivity index (χ0v) is 6.26. The predicted molar refractivity (Wildman–Crippen MR) is 27.0 cm³/mol. The molecule has 8 nitrogen and oxygen atoms in total. The van der Waals surface area contributed by atoms with Gasteiger partial charge in [0, 0.05) is 22.4 Å². The molecule has 0 saturated carbocycles. The summed E-state index contributed by atoms with van der Waals surface area (Å²) in [6.45, 7) is 0. The molecule has 67 valence electrons. The number of carbonyl (C=O) groups is 1. The second-order valence-electron chi connectivity index (χ2n) is 0.506. The molecule has 0 aliphatic heterocycles. The van der Waals surface area contributed by atoms with Gasteiger partial charge in [-0.05, 0) is 0 Å². The Kier molecular flexibility index (Phi) is 36.0. The van der Waals surface area contributed by atoms with Gasteiger partial charge in [-0.25, -0.2) is 4.79 Å². The van der Waals surface area contributed by atoms with Crippen LogP contribution in [0.4, 0.5) is 4.79 Å². The molecule has 0 aliphatic rings. The van der Waals surface area contributed by atoms with Crippen molar-refractivity contribution < 1.29 is 42.5 Å². The molecule has 0 amide bonds. The molecule has 0 heterocycles. The number of carboxylic acid groups (broad SMARTS) is 2. The van der Waals surface area contributed by atoms with E-state index in [1.165, 1.54) is 0 Å². The number of nitrogens with zero attached hydrogens (tertiary/aromatic N) is 1. The molecule has 0 fully saturated rings. The Labute approximate surface area is 70.7 Å². The second-order valence-corrected chi connectivity index (χ2v) is 0.506. The molecule has 0 unspecified atom stereocenters. The molecule has 0 aliphatic carbocycles. The standard InChI is InChI=1S/CH2O3.Ag.NO3.H3N/c2-1(3)4;;2-1(3)4;/h(H2,2,3,4);;;1H3/q;;-1;/p+1. The van der Waals surface area contributed by atoms with Crippen molar-refractivity contribution in [1.82, 2.24) is 6.15 Å². The monoisotopic (exact) mass is 249 g/mol. The van der Waals surface area contributed by atoms with Crippen LogP contribution < -0.4 is 6.15 Å². The first-order chi connectivity index (χ1) is 3.46. The molecule has 0 aromatic heterocycles. The summed E-state index contributed by atoms with van der Waals surface area (Å²) in [6, 6.07) is 0. The minimum atomic E-state index is -1.83. The Morgan fingerprint density at radius 2 is 1.30 bits per heavy atom. The molecule has 0 atom stereocenters. The predicted octanol–water partition coefficient (Wildman–Crippen LogP) is 0.357. The van der Waals surface area contributed by atoms with Crippen LogP contribution in [0.15, 0.2) is 0 Å². The van der Waals surface area contributed by atoms with Crippen molar-refractivity contribution >= 4 is 6.16 Å². The fraction of sp³-hybridized carbons (Fsp3) is 0. The van der Waals surface area contributed by atoms with Gasteiger partial charge in [0.1, 0.15) is 0 Å². The number of hydrogen-bond acceptors (Lipinski definition) is 4. The zero-order chi connectivity index (χ0) is 7.15. The van der Waals surface area contributed by atoms with Crippen molar-refractivity contribution in [2.75, 3.05) is 0 Å². The van der Waals surface area contributed by atoms with Gasteiger partial charge in [-0.15, -0.1) is 0 Å². The number of rotatable bonds is 0. The third-order valence-corrected chi connectivity index (χ3v) is 0. The summed E-state index contributed by atoms with van der Waals surface area (Å²) < 4.78 is 0. The summed E-state index contributed by atoms with van der Waals surface area (Å²) in [5.41, 5.74) is 0. The van der Waals surface area contributed by atoms with E-state index < -0.39 is 11.2 Å². The van der Waals surface area contributed by atoms with Crippen molar-refractivity contribution in [2.45, 2.75) is 0 Å². The van der Waals surface area contributed by atoms with Crippen LogP contribution in [0.2, 0.25) is 0 Å². The first-order valence-electron chi connectivity index (χ1n) is 1.20. The minimum absolute atomic E-state index is 0. The van der Waals surface area contributed by atoms with Crippen molar-refractivity contribution in [1.29, 1.82) is 0 Å². The van der Waals surface area contributed by atoms with E-state index in [4.69, 9.17) is 30.3 Å². The topological polar surface area (TPSA) is 160 Å². The first-order valence-corrected chi connectivity index (χ1v) is 1.20. The molecule has 1 radical (unpaired) electrons. The maximum Gasteiger partial charge on any atom is 0.503 e. The summed E-state index contributed by atoms with van der Waals surface area (Å²) in [5, 5.41) is 28.7. The Balaban J connectivity index is -0.0000000300. The summed E-state index contributed by atoms with van der Waals surface area (Å²) in [4.78, 5) is 16.8. The van der Waals surface area contributed by atoms with Crippen LogP contribution in [-0.4, -0.2) is 21.5 Å². The van der Waals surface area contributed by atoms with E-state index in [1.54, 1.807) is 0 Å². The van der Waals surface area contributed by atoms with Crippen LogP contribution in [0, 0.1) is 15.3 Å². The van der Waals surface area contributed by atoms with E-state index in [9.17, 15) is 0 Å². The summed E-state index contributed by atoms with van der Waals surface area (Å²) in [6.07, 6.45) is -1.83. The molecule has 0 rings (SSSR count). The van der Waals surface area contributed by atoms with E-state index in [0.29, 0.717) is 0 Å². The maximum atomic E-state index is 8.56. The van der Waals surface area contributed by atoms with Gasteiger partial charge < -0.3 is 31.7 Å². The van der Waals surface area contributed by atoms with Crippen molar-refractivity contribution in [2.24, 2.45) is 0 Å². The van der Waals surface area contributed by atoms with Crippen LogP contribution in [0.1, 0.15) is 0 Å². The fourth-order valence-corrected chi connectivity index (χ4v) is 0. The van der Waals surface area contributed by atoms with E-state index in [1.807, 2.05) is 0 Å². The Morgan fingerprint density at radius 1 is 1.30 bits per heavy atom. The first kappa shape index (κ1) is 22.9. The summed E-state index contributed by atoms with van der Waals surface area (Å²) in [5.74, 6) is 0. The fourth-order valence-electron chi connectivity index (χ4n) is 0. The van der Waals surface area contributed by atoms with Gasteiger partial charge in [0.05, 0.1) is 5.09 Å². The third-order valence-electron chi connectivity index (χ3n) is 0. The van der Waals surface area contributed by atoms with Gasteiger partial charge in [-0.3, -0.25) is 0 Å². The van der Waals surface area contributed by atoms with Crippen LogP contribution in [0.3, 0.4) is 0 Å². The molecule has 0 saturated heterocycles. The molecular weight excluding hydrogens is 244 g/mol. The molecular formula is CH6AgN2O6. The van der Waals surface area contributed by atoms with Gasteiger partial charge in [0.15, 0.2) is 0 Å². The molecule has 0 aromatic carbocycles. The Morgan fingerprint density at radius 3 is 1.30 bits per heavy atom. The van der Waals surface area contributed by atoms with E-state index >= 15 is 0 Å². The van der Waals surface area contributed by atoms with Crippen LogP contribution >= 0.6 is 0 Å². The van der Waals surface area contributed by atoms with Gasteiger partial charge >= 0.3 is 6.16 Å². The summed E-state index contributed by atoms with van der Waals surface area (Å²) in [7, 11) is 0. The normalized spacial score (nSPS) is 4.80. The van der Waals surface area contributed by atoms with Gasteiger partial charge in [0.2, 0.25) is 0 Å². The average Bonchev–Trinajstić information content (AvgIpc) is 1.25. The molecule has 6 N–H and O–H groups in total. The van der Waals surface area contributed by atoms with E-state index in [-0.39, 0.29) is 28.5 Å². The van der Waals surface area contributed by atoms with Crippen LogP contribution in [0.25, 0.3) is 0 Å². The van der Waals surface area contributed by atoms with Gasteiger partial charge in [-0.1, -0.05) is 0 Å². The summed E-state index contributed by atoms with van der Waals surface area (Å²) >= 11 is 0. The number of hydrogen-bond donors (Lipinski definition) is 3. The van der Waals surface area contributed by atoms with Gasteiger partial charge in [-0.2, -0.15) is 0 Å².